The van der Waals surface area contributed by atoms with Gasteiger partial charge < -0.3 is 21.7 Å². The van der Waals surface area contributed by atoms with E-state index < -0.39 is 0 Å². The lowest BCUT2D eigenvalue weighted by molar-refractivity contribution is -0.122. The molecule has 1 aromatic rings. The molecule has 2 aliphatic rings. The summed E-state index contributed by atoms with van der Waals surface area (Å²) in [6.45, 7) is 2.06. The van der Waals surface area contributed by atoms with Crippen LogP contribution in [0, 0.1) is 5.92 Å². The second-order valence-electron chi connectivity index (χ2n) is 7.66. The summed E-state index contributed by atoms with van der Waals surface area (Å²) >= 11 is 0. The number of rotatable bonds is 4. The first-order chi connectivity index (χ1) is 13.1. The quantitative estimate of drug-likeness (QED) is 0.552. The van der Waals surface area contributed by atoms with Crippen LogP contribution in [0.5, 0.6) is 0 Å². The van der Waals surface area contributed by atoms with E-state index in [4.69, 9.17) is 16.5 Å². The Morgan fingerprint density at radius 2 is 1.81 bits per heavy atom. The Morgan fingerprint density at radius 1 is 1.15 bits per heavy atom. The maximum Gasteiger partial charge on any atom is 0.250 e. The topological polar surface area (TPSA) is 110 Å². The van der Waals surface area contributed by atoms with E-state index in [1.54, 1.807) is 0 Å². The van der Waals surface area contributed by atoms with E-state index in [9.17, 15) is 4.79 Å². The molecule has 1 aliphatic heterocycles. The lowest BCUT2D eigenvalue weighted by Crippen LogP contribution is -2.30. The molecule has 0 atom stereocenters. The van der Waals surface area contributed by atoms with Crippen LogP contribution in [0.1, 0.15) is 56.9 Å². The van der Waals surface area contributed by atoms with Gasteiger partial charge >= 0.3 is 0 Å². The summed E-state index contributed by atoms with van der Waals surface area (Å²) in [6, 6.07) is 4.11. The molecule has 7 nitrogen and oxygen atoms in total. The van der Waals surface area contributed by atoms with Gasteiger partial charge in [0.15, 0.2) is 0 Å². The lowest BCUT2D eigenvalue weighted by atomic mass is 9.86. The summed E-state index contributed by atoms with van der Waals surface area (Å²) in [5.41, 5.74) is 12.8. The first-order valence-electron chi connectivity index (χ1n) is 10.2. The number of aromatic nitrogens is 1. The zero-order valence-corrected chi connectivity index (χ0v) is 16.3. The van der Waals surface area contributed by atoms with Crippen molar-refractivity contribution < 1.29 is 4.79 Å². The van der Waals surface area contributed by atoms with Gasteiger partial charge in [-0.15, -0.1) is 0 Å². The van der Waals surface area contributed by atoms with Gasteiger partial charge in [-0.25, -0.2) is 4.98 Å². The standard InChI is InChI=1S/C20H32N6O/c1-23-19-16(10-11-17(24-19)26-12-4-2-3-5-13-26)18(22)25-20(27)14-6-8-15(21)9-7-14/h10-11,14-15H,2-9,12-13,21H2,1H3,(H,23,24)(H2,22,25,27). The number of amides is 1. The Kier molecular flexibility index (Phi) is 6.66. The van der Waals surface area contributed by atoms with Gasteiger partial charge in [0.25, 0.3) is 5.91 Å². The predicted octanol–water partition coefficient (Wildman–Crippen LogP) is 2.25. The summed E-state index contributed by atoms with van der Waals surface area (Å²) < 4.78 is 0. The number of hydrogen-bond acceptors (Lipinski definition) is 5. The normalized spacial score (nSPS) is 24.4. The molecule has 2 heterocycles. The highest BCUT2D eigenvalue weighted by molar-refractivity contribution is 6.07. The van der Waals surface area contributed by atoms with E-state index in [2.05, 4.69) is 15.2 Å². The molecule has 2 fully saturated rings. The average molecular weight is 373 g/mol. The molecule has 1 saturated heterocycles. The van der Waals surface area contributed by atoms with Crippen molar-refractivity contribution >= 4 is 23.4 Å². The van der Waals surface area contributed by atoms with Crippen molar-refractivity contribution in [3.05, 3.63) is 17.7 Å². The fourth-order valence-corrected chi connectivity index (χ4v) is 3.96. The van der Waals surface area contributed by atoms with E-state index in [0.29, 0.717) is 11.4 Å². The summed E-state index contributed by atoms with van der Waals surface area (Å²) in [6.07, 6.45) is 8.29. The Bertz CT molecular complexity index is 673. The number of carbonyl (C=O) groups excluding carboxylic acids is 1. The van der Waals surface area contributed by atoms with Gasteiger partial charge in [0.05, 0.1) is 5.56 Å². The van der Waals surface area contributed by atoms with Gasteiger partial charge in [-0.05, 0) is 50.7 Å². The van der Waals surface area contributed by atoms with Crippen LogP contribution < -0.4 is 21.7 Å². The summed E-state index contributed by atoms with van der Waals surface area (Å²) in [7, 11) is 1.82. The number of nitrogens with two attached hydrogens (primary N) is 2. The van der Waals surface area contributed by atoms with Crippen molar-refractivity contribution in [2.45, 2.75) is 57.4 Å². The fourth-order valence-electron chi connectivity index (χ4n) is 3.96. The van der Waals surface area contributed by atoms with Crippen molar-refractivity contribution in [2.24, 2.45) is 22.4 Å². The van der Waals surface area contributed by atoms with E-state index >= 15 is 0 Å². The molecule has 0 radical (unpaired) electrons. The third kappa shape index (κ3) is 4.97. The zero-order chi connectivity index (χ0) is 19.2. The van der Waals surface area contributed by atoms with Crippen LogP contribution in [0.2, 0.25) is 0 Å². The van der Waals surface area contributed by atoms with Crippen LogP contribution in [0.25, 0.3) is 0 Å². The van der Waals surface area contributed by atoms with Gasteiger partial charge in [0.2, 0.25) is 0 Å². The molecule has 1 aliphatic carbocycles. The zero-order valence-electron chi connectivity index (χ0n) is 16.3. The van der Waals surface area contributed by atoms with Crippen LogP contribution in [-0.4, -0.2) is 42.9 Å². The summed E-state index contributed by atoms with van der Waals surface area (Å²) in [4.78, 5) is 23.7. The second-order valence-corrected chi connectivity index (χ2v) is 7.66. The lowest BCUT2D eigenvalue weighted by Gasteiger charge is -2.24. The van der Waals surface area contributed by atoms with Crippen LogP contribution in [0.3, 0.4) is 0 Å². The number of nitrogens with zero attached hydrogens (tertiary/aromatic N) is 3. The van der Waals surface area contributed by atoms with E-state index in [-0.39, 0.29) is 23.7 Å². The molecule has 0 spiro atoms. The maximum atomic E-state index is 12.5. The van der Waals surface area contributed by atoms with Crippen LogP contribution in [0.4, 0.5) is 11.6 Å². The molecule has 7 heteroatoms. The number of pyridine rings is 1. The highest BCUT2D eigenvalue weighted by Crippen LogP contribution is 2.25. The van der Waals surface area contributed by atoms with Crippen molar-refractivity contribution in [1.29, 1.82) is 0 Å². The van der Waals surface area contributed by atoms with Gasteiger partial charge in [0.1, 0.15) is 17.5 Å². The number of nitrogens with one attached hydrogen (secondary N) is 1. The number of amidine groups is 1. The van der Waals surface area contributed by atoms with Crippen molar-refractivity contribution in [3.8, 4) is 0 Å². The van der Waals surface area contributed by atoms with Gasteiger partial charge in [-0.2, -0.15) is 4.99 Å². The molecule has 5 N–H and O–H groups in total. The van der Waals surface area contributed by atoms with Crippen LogP contribution in [-0.2, 0) is 4.79 Å². The molecule has 1 saturated carbocycles. The number of carbonyl (C=O) groups is 1. The highest BCUT2D eigenvalue weighted by Gasteiger charge is 2.25. The molecular weight excluding hydrogens is 340 g/mol. The first-order valence-corrected chi connectivity index (χ1v) is 10.2. The fraction of sp³-hybridized carbons (Fsp3) is 0.650. The minimum absolute atomic E-state index is 0.0641. The SMILES string of the molecule is CNc1nc(N2CCCCCC2)ccc1C(N)=NC(=O)C1CCC(N)CC1. The predicted molar refractivity (Wildman–Crippen MR) is 110 cm³/mol. The molecule has 0 bridgehead atoms. The first kappa shape index (κ1) is 19.6. The Morgan fingerprint density at radius 3 is 2.44 bits per heavy atom. The maximum absolute atomic E-state index is 12.5. The average Bonchev–Trinajstić information content (AvgIpc) is 2.97. The largest absolute Gasteiger partial charge is 0.383 e. The van der Waals surface area contributed by atoms with Gasteiger partial charge in [-0.1, -0.05) is 12.8 Å². The molecule has 0 unspecified atom stereocenters. The molecule has 3 rings (SSSR count). The molecule has 1 amide bonds. The number of aliphatic imine (C=N–C) groups is 1. The van der Waals surface area contributed by atoms with Gasteiger partial charge in [0, 0.05) is 32.1 Å². The summed E-state index contributed by atoms with van der Waals surface area (Å²) in [5, 5.41) is 3.10. The Balaban J connectivity index is 1.75. The van der Waals surface area contributed by atoms with E-state index in [1.165, 1.54) is 25.7 Å². The van der Waals surface area contributed by atoms with Crippen LogP contribution >= 0.6 is 0 Å². The van der Waals surface area contributed by atoms with E-state index in [0.717, 1.165) is 44.6 Å². The Hall–Kier alpha value is -2.15. The number of anilines is 2. The van der Waals surface area contributed by atoms with Crippen LogP contribution in [0.15, 0.2) is 17.1 Å². The van der Waals surface area contributed by atoms with E-state index in [1.807, 2.05) is 19.2 Å². The van der Waals surface area contributed by atoms with Gasteiger partial charge in [-0.3, -0.25) is 4.79 Å². The smallest absolute Gasteiger partial charge is 0.250 e. The molecule has 0 aromatic carbocycles. The monoisotopic (exact) mass is 372 g/mol. The summed E-state index contributed by atoms with van der Waals surface area (Å²) in [5.74, 6) is 1.64. The third-order valence-corrected chi connectivity index (χ3v) is 5.68. The minimum atomic E-state index is -0.141. The molecular formula is C20H32N6O. The minimum Gasteiger partial charge on any atom is -0.383 e. The Labute approximate surface area is 161 Å². The molecule has 1 aromatic heterocycles. The molecule has 148 valence electrons. The number of hydrogen-bond donors (Lipinski definition) is 3. The van der Waals surface area contributed by atoms with Crippen molar-refractivity contribution in [3.63, 3.8) is 0 Å². The second kappa shape index (κ2) is 9.17. The molecule has 27 heavy (non-hydrogen) atoms. The highest BCUT2D eigenvalue weighted by atomic mass is 16.1. The van der Waals surface area contributed by atoms with Crippen molar-refractivity contribution in [2.75, 3.05) is 30.4 Å². The van der Waals surface area contributed by atoms with Crippen molar-refractivity contribution in [1.82, 2.24) is 4.98 Å². The third-order valence-electron chi connectivity index (χ3n) is 5.68.